The average Bonchev–Trinajstić information content (AvgIpc) is 2.45. The summed E-state index contributed by atoms with van der Waals surface area (Å²) in [4.78, 5) is 19.1. The Morgan fingerprint density at radius 3 is 2.05 bits per heavy atom. The molecule has 0 aromatic heterocycles. The second kappa shape index (κ2) is 10.4. The monoisotopic (exact) mass is 316 g/mol. The van der Waals surface area contributed by atoms with E-state index < -0.39 is 0 Å². The van der Waals surface area contributed by atoms with Gasteiger partial charge in [-0.25, -0.2) is 0 Å². The summed E-state index contributed by atoms with van der Waals surface area (Å²) in [5, 5.41) is 3.36. The molecule has 1 saturated heterocycles. The summed E-state index contributed by atoms with van der Waals surface area (Å²) in [7, 11) is 8.32. The molecular formula is C15H32N4OS. The van der Waals surface area contributed by atoms with Crippen LogP contribution in [0.3, 0.4) is 0 Å². The number of thioether (sulfide) groups is 1. The molecule has 1 aliphatic rings. The van der Waals surface area contributed by atoms with Crippen molar-refractivity contribution in [3.8, 4) is 0 Å². The minimum atomic E-state index is 0.0162. The van der Waals surface area contributed by atoms with Gasteiger partial charge in [-0.2, -0.15) is 11.8 Å². The van der Waals surface area contributed by atoms with Crippen LogP contribution in [0.15, 0.2) is 0 Å². The van der Waals surface area contributed by atoms with Gasteiger partial charge in [-0.1, -0.05) is 0 Å². The van der Waals surface area contributed by atoms with Gasteiger partial charge in [0.25, 0.3) is 0 Å². The van der Waals surface area contributed by atoms with Crippen molar-refractivity contribution in [2.75, 3.05) is 72.4 Å². The minimum Gasteiger partial charge on any atom is -0.341 e. The fourth-order valence-electron chi connectivity index (χ4n) is 2.43. The number of carbonyl (C=O) groups is 1. The Balaban J connectivity index is 2.45. The lowest BCUT2D eigenvalue weighted by atomic mass is 10.2. The molecule has 0 aromatic rings. The zero-order valence-corrected chi connectivity index (χ0v) is 14.9. The van der Waals surface area contributed by atoms with Gasteiger partial charge in [0.15, 0.2) is 0 Å². The van der Waals surface area contributed by atoms with E-state index in [1.165, 1.54) is 0 Å². The van der Waals surface area contributed by atoms with Crippen LogP contribution in [-0.4, -0.2) is 99.1 Å². The van der Waals surface area contributed by atoms with Crippen LogP contribution < -0.4 is 5.32 Å². The molecule has 1 rings (SSSR count). The predicted octanol–water partition coefficient (Wildman–Crippen LogP) is 0.423. The predicted molar refractivity (Wildman–Crippen MR) is 92.0 cm³/mol. The van der Waals surface area contributed by atoms with Crippen molar-refractivity contribution in [3.63, 3.8) is 0 Å². The minimum absolute atomic E-state index is 0.0162. The molecule has 5 nitrogen and oxygen atoms in total. The van der Waals surface area contributed by atoms with Crippen molar-refractivity contribution in [1.29, 1.82) is 0 Å². The first kappa shape index (κ1) is 18.7. The zero-order chi connectivity index (χ0) is 15.7. The number of carbonyl (C=O) groups excluding carboxylic acids is 1. The van der Waals surface area contributed by atoms with E-state index in [4.69, 9.17) is 0 Å². The topological polar surface area (TPSA) is 38.8 Å². The summed E-state index contributed by atoms with van der Waals surface area (Å²) in [5.74, 6) is 2.32. The largest absolute Gasteiger partial charge is 0.341 e. The fraction of sp³-hybridized carbons (Fsp3) is 0.933. The fourth-order valence-corrected chi connectivity index (χ4v) is 3.36. The smallest absolute Gasteiger partial charge is 0.240 e. The van der Waals surface area contributed by atoms with E-state index in [0.29, 0.717) is 5.91 Å². The maximum atomic E-state index is 12.7. The molecule has 0 bridgehead atoms. The molecule has 1 fully saturated rings. The van der Waals surface area contributed by atoms with Crippen LogP contribution >= 0.6 is 11.8 Å². The molecule has 6 heteroatoms. The van der Waals surface area contributed by atoms with E-state index in [1.54, 1.807) is 0 Å². The highest BCUT2D eigenvalue weighted by Gasteiger charge is 2.25. The van der Waals surface area contributed by atoms with Crippen LogP contribution in [0.4, 0.5) is 0 Å². The number of hydrogen-bond acceptors (Lipinski definition) is 5. The van der Waals surface area contributed by atoms with Gasteiger partial charge in [-0.3, -0.25) is 4.79 Å². The van der Waals surface area contributed by atoms with E-state index in [1.807, 2.05) is 11.8 Å². The maximum absolute atomic E-state index is 12.7. The first-order valence-corrected chi connectivity index (χ1v) is 9.05. The van der Waals surface area contributed by atoms with Crippen LogP contribution in [0, 0.1) is 0 Å². The van der Waals surface area contributed by atoms with E-state index in [2.05, 4.69) is 48.2 Å². The van der Waals surface area contributed by atoms with Crippen molar-refractivity contribution >= 4 is 17.7 Å². The van der Waals surface area contributed by atoms with Crippen molar-refractivity contribution in [2.24, 2.45) is 0 Å². The molecule has 0 radical (unpaired) electrons. The summed E-state index contributed by atoms with van der Waals surface area (Å²) in [5.41, 5.74) is 0. The molecule has 1 heterocycles. The van der Waals surface area contributed by atoms with Crippen molar-refractivity contribution in [2.45, 2.75) is 18.9 Å². The van der Waals surface area contributed by atoms with Gasteiger partial charge < -0.3 is 20.0 Å². The van der Waals surface area contributed by atoms with E-state index in [9.17, 15) is 4.79 Å². The number of nitrogens with one attached hydrogen (secondary N) is 1. The molecule has 124 valence electrons. The van der Waals surface area contributed by atoms with E-state index in [-0.39, 0.29) is 6.04 Å². The Hall–Kier alpha value is -0.300. The third-order valence-corrected chi connectivity index (χ3v) is 4.66. The summed E-state index contributed by atoms with van der Waals surface area (Å²) in [6, 6.07) is 0.0162. The highest BCUT2D eigenvalue weighted by molar-refractivity contribution is 7.99. The lowest BCUT2D eigenvalue weighted by Gasteiger charge is -2.30. The van der Waals surface area contributed by atoms with Crippen LogP contribution in [0.2, 0.25) is 0 Å². The molecule has 0 aromatic carbocycles. The normalized spacial score (nSPS) is 19.2. The molecule has 0 saturated carbocycles. The highest BCUT2D eigenvalue weighted by Crippen LogP contribution is 2.11. The zero-order valence-electron chi connectivity index (χ0n) is 14.1. The van der Waals surface area contributed by atoms with E-state index >= 15 is 0 Å². The van der Waals surface area contributed by atoms with Gasteiger partial charge in [0.1, 0.15) is 0 Å². The Bertz CT molecular complexity index is 279. The van der Waals surface area contributed by atoms with Gasteiger partial charge in [-0.15, -0.1) is 0 Å². The number of hydrogen-bond donors (Lipinski definition) is 1. The molecule has 1 aliphatic heterocycles. The average molecular weight is 317 g/mol. The molecule has 1 unspecified atom stereocenters. The Labute approximate surface area is 134 Å². The van der Waals surface area contributed by atoms with Gasteiger partial charge >= 0.3 is 0 Å². The summed E-state index contributed by atoms with van der Waals surface area (Å²) in [6.07, 6.45) is 2.08. The number of nitrogens with zero attached hydrogens (tertiary/aromatic N) is 3. The van der Waals surface area contributed by atoms with Crippen molar-refractivity contribution < 1.29 is 4.79 Å². The van der Waals surface area contributed by atoms with Gasteiger partial charge in [-0.05, 0) is 54.1 Å². The number of rotatable bonds is 9. The first-order valence-electron chi connectivity index (χ1n) is 7.90. The van der Waals surface area contributed by atoms with Gasteiger partial charge in [0.05, 0.1) is 6.04 Å². The van der Waals surface area contributed by atoms with Crippen LogP contribution in [0.5, 0.6) is 0 Å². The molecule has 1 amide bonds. The van der Waals surface area contributed by atoms with Gasteiger partial charge in [0, 0.05) is 31.1 Å². The van der Waals surface area contributed by atoms with Crippen LogP contribution in [-0.2, 0) is 4.79 Å². The Kier molecular flexibility index (Phi) is 9.31. The molecule has 1 atom stereocenters. The third kappa shape index (κ3) is 8.04. The van der Waals surface area contributed by atoms with E-state index in [0.717, 1.165) is 57.1 Å². The summed E-state index contributed by atoms with van der Waals surface area (Å²) >= 11 is 1.88. The second-order valence-corrected chi connectivity index (χ2v) is 7.37. The SMILES string of the molecule is CN(C)CCCN(CCCN(C)C)C(=O)C1CSCCN1. The summed E-state index contributed by atoms with van der Waals surface area (Å²) < 4.78 is 0. The van der Waals surface area contributed by atoms with Crippen LogP contribution in [0.1, 0.15) is 12.8 Å². The third-order valence-electron chi connectivity index (χ3n) is 3.60. The molecule has 1 N–H and O–H groups in total. The highest BCUT2D eigenvalue weighted by atomic mass is 32.2. The lowest BCUT2D eigenvalue weighted by molar-refractivity contribution is -0.133. The standard InChI is InChI=1S/C15H32N4OS/c1-17(2)8-5-10-19(11-6-9-18(3)4)15(20)14-13-21-12-7-16-14/h14,16H,5-13H2,1-4H3. The lowest BCUT2D eigenvalue weighted by Crippen LogP contribution is -2.51. The molecular weight excluding hydrogens is 284 g/mol. The summed E-state index contributed by atoms with van der Waals surface area (Å²) in [6.45, 7) is 4.75. The first-order chi connectivity index (χ1) is 10.0. The molecule has 0 aliphatic carbocycles. The maximum Gasteiger partial charge on any atom is 0.240 e. The Morgan fingerprint density at radius 1 is 1.05 bits per heavy atom. The molecule has 21 heavy (non-hydrogen) atoms. The van der Waals surface area contributed by atoms with Crippen molar-refractivity contribution in [1.82, 2.24) is 20.0 Å². The molecule has 0 spiro atoms. The van der Waals surface area contributed by atoms with Gasteiger partial charge in [0.2, 0.25) is 5.91 Å². The second-order valence-electron chi connectivity index (χ2n) is 6.22. The van der Waals surface area contributed by atoms with Crippen LogP contribution in [0.25, 0.3) is 0 Å². The Morgan fingerprint density at radius 2 is 1.62 bits per heavy atom. The quantitative estimate of drug-likeness (QED) is 0.668. The number of amides is 1. The van der Waals surface area contributed by atoms with Crippen molar-refractivity contribution in [3.05, 3.63) is 0 Å².